The molecule has 1 aromatic heterocycles. The first-order chi connectivity index (χ1) is 9.17. The van der Waals surface area contributed by atoms with Crippen molar-refractivity contribution >= 4 is 11.6 Å². The summed E-state index contributed by atoms with van der Waals surface area (Å²) in [6, 6.07) is 4.15. The van der Waals surface area contributed by atoms with Crippen LogP contribution in [0.2, 0.25) is 0 Å². The van der Waals surface area contributed by atoms with Gasteiger partial charge in [0.2, 0.25) is 0 Å². The summed E-state index contributed by atoms with van der Waals surface area (Å²) in [5.74, 6) is 0.00269. The van der Waals surface area contributed by atoms with Crippen LogP contribution in [0.1, 0.15) is 43.1 Å². The number of nitrogens with two attached hydrogens (primary N) is 1. The normalized spacial score (nSPS) is 14.1. The van der Waals surface area contributed by atoms with Crippen molar-refractivity contribution in [1.29, 1.82) is 5.26 Å². The van der Waals surface area contributed by atoms with Crippen molar-refractivity contribution in [3.63, 3.8) is 0 Å². The lowest BCUT2D eigenvalue weighted by atomic mass is 10.3. The molecule has 0 bridgehead atoms. The first-order valence-corrected chi connectivity index (χ1v) is 6.81. The van der Waals surface area contributed by atoms with Crippen molar-refractivity contribution in [2.45, 2.75) is 45.2 Å². The Morgan fingerprint density at radius 2 is 2.37 bits per heavy atom. The van der Waals surface area contributed by atoms with Gasteiger partial charge in [0.25, 0.3) is 5.91 Å². The van der Waals surface area contributed by atoms with E-state index < -0.39 is 0 Å². The van der Waals surface area contributed by atoms with Gasteiger partial charge >= 0.3 is 0 Å². The van der Waals surface area contributed by atoms with Crippen molar-refractivity contribution in [3.05, 3.63) is 18.0 Å². The van der Waals surface area contributed by atoms with E-state index in [-0.39, 0.29) is 5.91 Å². The second kappa shape index (κ2) is 5.79. The maximum absolute atomic E-state index is 12.6. The number of carbonyl (C=O) groups is 1. The molecule has 102 valence electrons. The minimum atomic E-state index is 0.00269. The number of rotatable bonds is 6. The average Bonchev–Trinajstić information content (AvgIpc) is 3.14. The highest BCUT2D eigenvalue weighted by Crippen LogP contribution is 2.29. The fourth-order valence-electron chi connectivity index (χ4n) is 2.29. The SMILES string of the molecule is CCCn1cc(N)cc1C(=O)N(CCC#N)C1CC1. The first-order valence-electron chi connectivity index (χ1n) is 6.81. The van der Waals surface area contributed by atoms with E-state index in [0.29, 0.717) is 30.4 Å². The van der Waals surface area contributed by atoms with Crippen LogP contribution in [0.3, 0.4) is 0 Å². The Hall–Kier alpha value is -1.96. The molecular weight excluding hydrogens is 240 g/mol. The molecule has 1 heterocycles. The summed E-state index contributed by atoms with van der Waals surface area (Å²) >= 11 is 0. The molecule has 0 unspecified atom stereocenters. The molecule has 0 aliphatic heterocycles. The van der Waals surface area contributed by atoms with E-state index in [1.165, 1.54) is 0 Å². The topological polar surface area (TPSA) is 75.0 Å². The van der Waals surface area contributed by atoms with Gasteiger partial charge in [0, 0.05) is 25.3 Å². The van der Waals surface area contributed by atoms with Crippen molar-refractivity contribution in [2.24, 2.45) is 0 Å². The number of carbonyl (C=O) groups excluding carboxylic acids is 1. The molecule has 1 aromatic rings. The summed E-state index contributed by atoms with van der Waals surface area (Å²) in [4.78, 5) is 14.4. The Morgan fingerprint density at radius 1 is 1.63 bits per heavy atom. The fraction of sp³-hybridized carbons (Fsp3) is 0.571. The van der Waals surface area contributed by atoms with Gasteiger partial charge in [-0.15, -0.1) is 0 Å². The predicted octanol–water partition coefficient (Wildman–Crippen LogP) is 2.00. The molecular formula is C14H20N4O. The standard InChI is InChI=1S/C14H20N4O/c1-2-7-17-10-11(16)9-13(17)14(19)18(8-3-6-15)12-4-5-12/h9-10,12H,2-5,7-8,16H2,1H3. The van der Waals surface area contributed by atoms with E-state index in [1.54, 1.807) is 6.07 Å². The third kappa shape index (κ3) is 3.08. The van der Waals surface area contributed by atoms with Gasteiger partial charge in [-0.05, 0) is 25.3 Å². The van der Waals surface area contributed by atoms with Gasteiger partial charge in [0.15, 0.2) is 0 Å². The number of hydrogen-bond donors (Lipinski definition) is 1. The van der Waals surface area contributed by atoms with Crippen LogP contribution in [-0.4, -0.2) is 28.0 Å². The van der Waals surface area contributed by atoms with Gasteiger partial charge in [-0.2, -0.15) is 5.26 Å². The molecule has 1 aliphatic carbocycles. The van der Waals surface area contributed by atoms with Crippen LogP contribution in [-0.2, 0) is 6.54 Å². The second-order valence-electron chi connectivity index (χ2n) is 4.99. The quantitative estimate of drug-likeness (QED) is 0.850. The minimum Gasteiger partial charge on any atom is -0.397 e. The zero-order chi connectivity index (χ0) is 13.8. The van der Waals surface area contributed by atoms with Crippen LogP contribution < -0.4 is 5.73 Å². The van der Waals surface area contributed by atoms with Crippen LogP contribution >= 0.6 is 0 Å². The number of anilines is 1. The van der Waals surface area contributed by atoms with Gasteiger partial charge in [-0.1, -0.05) is 6.92 Å². The Bertz CT molecular complexity index is 496. The molecule has 5 heteroatoms. The zero-order valence-corrected chi connectivity index (χ0v) is 11.3. The lowest BCUT2D eigenvalue weighted by Crippen LogP contribution is -2.35. The number of hydrogen-bond acceptors (Lipinski definition) is 3. The van der Waals surface area contributed by atoms with Gasteiger partial charge in [0.1, 0.15) is 5.69 Å². The number of aromatic nitrogens is 1. The molecule has 0 atom stereocenters. The Kier molecular flexibility index (Phi) is 4.10. The van der Waals surface area contributed by atoms with Crippen LogP contribution in [0.25, 0.3) is 0 Å². The van der Waals surface area contributed by atoms with E-state index in [4.69, 9.17) is 11.0 Å². The summed E-state index contributed by atoms with van der Waals surface area (Å²) < 4.78 is 1.92. The third-order valence-electron chi connectivity index (χ3n) is 3.31. The van der Waals surface area contributed by atoms with E-state index in [9.17, 15) is 4.79 Å². The third-order valence-corrected chi connectivity index (χ3v) is 3.31. The van der Waals surface area contributed by atoms with Gasteiger partial charge in [-0.25, -0.2) is 0 Å². The Labute approximate surface area is 113 Å². The molecule has 0 spiro atoms. The van der Waals surface area contributed by atoms with E-state index in [2.05, 4.69) is 13.0 Å². The Morgan fingerprint density at radius 3 is 2.95 bits per heavy atom. The van der Waals surface area contributed by atoms with Crippen LogP contribution in [0.5, 0.6) is 0 Å². The molecule has 2 rings (SSSR count). The van der Waals surface area contributed by atoms with E-state index >= 15 is 0 Å². The molecule has 0 radical (unpaired) electrons. The van der Waals surface area contributed by atoms with Crippen molar-refractivity contribution in [1.82, 2.24) is 9.47 Å². The smallest absolute Gasteiger partial charge is 0.270 e. The molecule has 1 amide bonds. The van der Waals surface area contributed by atoms with Crippen molar-refractivity contribution in [3.8, 4) is 6.07 Å². The van der Waals surface area contributed by atoms with Crippen LogP contribution in [0, 0.1) is 11.3 Å². The van der Waals surface area contributed by atoms with Crippen LogP contribution in [0.4, 0.5) is 5.69 Å². The molecule has 19 heavy (non-hydrogen) atoms. The highest BCUT2D eigenvalue weighted by atomic mass is 16.2. The molecule has 1 saturated carbocycles. The summed E-state index contributed by atoms with van der Waals surface area (Å²) in [5, 5.41) is 8.70. The number of nitrogen functional groups attached to an aromatic ring is 1. The minimum absolute atomic E-state index is 0.00269. The predicted molar refractivity (Wildman–Crippen MR) is 73.4 cm³/mol. The summed E-state index contributed by atoms with van der Waals surface area (Å²) in [7, 11) is 0. The molecule has 0 saturated heterocycles. The lowest BCUT2D eigenvalue weighted by Gasteiger charge is -2.21. The molecule has 2 N–H and O–H groups in total. The fourth-order valence-corrected chi connectivity index (χ4v) is 2.29. The van der Waals surface area contributed by atoms with Crippen LogP contribution in [0.15, 0.2) is 12.3 Å². The molecule has 1 aliphatic rings. The number of nitriles is 1. The van der Waals surface area contributed by atoms with Gasteiger partial charge in [-0.3, -0.25) is 4.79 Å². The summed E-state index contributed by atoms with van der Waals surface area (Å²) in [6.07, 6.45) is 5.23. The second-order valence-corrected chi connectivity index (χ2v) is 4.99. The first kappa shape index (κ1) is 13.5. The van der Waals surface area contributed by atoms with Gasteiger partial charge in [0.05, 0.1) is 18.2 Å². The van der Waals surface area contributed by atoms with Crippen molar-refractivity contribution < 1.29 is 4.79 Å². The summed E-state index contributed by atoms with van der Waals surface area (Å²) in [5.41, 5.74) is 7.06. The molecule has 1 fully saturated rings. The highest BCUT2D eigenvalue weighted by Gasteiger charge is 2.33. The van der Waals surface area contributed by atoms with E-state index in [1.807, 2.05) is 15.7 Å². The average molecular weight is 260 g/mol. The Balaban J connectivity index is 2.18. The monoisotopic (exact) mass is 260 g/mol. The number of nitrogens with zero attached hydrogens (tertiary/aromatic N) is 3. The molecule has 0 aromatic carbocycles. The van der Waals surface area contributed by atoms with E-state index in [0.717, 1.165) is 25.8 Å². The molecule has 5 nitrogen and oxygen atoms in total. The lowest BCUT2D eigenvalue weighted by molar-refractivity contribution is 0.0735. The van der Waals surface area contributed by atoms with Crippen molar-refractivity contribution in [2.75, 3.05) is 12.3 Å². The number of aryl methyl sites for hydroxylation is 1. The zero-order valence-electron chi connectivity index (χ0n) is 11.3. The van der Waals surface area contributed by atoms with Gasteiger partial charge < -0.3 is 15.2 Å². The number of amides is 1. The highest BCUT2D eigenvalue weighted by molar-refractivity contribution is 5.94. The maximum atomic E-state index is 12.6. The maximum Gasteiger partial charge on any atom is 0.270 e. The largest absolute Gasteiger partial charge is 0.397 e. The summed E-state index contributed by atoms with van der Waals surface area (Å²) in [6.45, 7) is 3.37.